The van der Waals surface area contributed by atoms with Crippen molar-refractivity contribution in [3.05, 3.63) is 28.5 Å². The van der Waals surface area contributed by atoms with Crippen LogP contribution >= 0.6 is 15.9 Å². The lowest BCUT2D eigenvalue weighted by Gasteiger charge is -2.34. The topological polar surface area (TPSA) is 36.7 Å². The van der Waals surface area contributed by atoms with E-state index in [4.69, 9.17) is 5.26 Å². The molecule has 0 atom stereocenters. The zero-order valence-electron chi connectivity index (χ0n) is 7.83. The fourth-order valence-corrected chi connectivity index (χ4v) is 2.02. The molecule has 1 fully saturated rings. The molecule has 0 radical (unpaired) electrons. The Kier molecular flexibility index (Phi) is 2.56. The van der Waals surface area contributed by atoms with E-state index in [0.29, 0.717) is 0 Å². The number of hydrogen-bond acceptors (Lipinski definition) is 2. The van der Waals surface area contributed by atoms with Crippen LogP contribution < -0.4 is 0 Å². The highest BCUT2D eigenvalue weighted by molar-refractivity contribution is 9.10. The third-order valence-electron chi connectivity index (χ3n) is 2.86. The highest BCUT2D eigenvalue weighted by Crippen LogP contribution is 2.42. The summed E-state index contributed by atoms with van der Waals surface area (Å²) in [4.78, 5) is 4.30. The molecule has 14 heavy (non-hydrogen) atoms. The van der Waals surface area contributed by atoms with Gasteiger partial charge in [0.05, 0.1) is 11.5 Å². The minimum Gasteiger partial charge on any atom is -0.260 e. The summed E-state index contributed by atoms with van der Waals surface area (Å²) in [7, 11) is 0. The van der Waals surface area contributed by atoms with E-state index in [-0.39, 0.29) is 5.41 Å². The molecule has 1 heterocycles. The van der Waals surface area contributed by atoms with Crippen LogP contribution in [0.2, 0.25) is 0 Å². The average Bonchev–Trinajstić information content (AvgIpc) is 2.15. The van der Waals surface area contributed by atoms with Crippen LogP contribution in [0.15, 0.2) is 22.8 Å². The maximum Gasteiger partial charge on any atom is 0.0693 e. The molecule has 1 aliphatic rings. The van der Waals surface area contributed by atoms with Crippen molar-refractivity contribution < 1.29 is 0 Å². The molecule has 0 aromatic carbocycles. The second-order valence-electron chi connectivity index (χ2n) is 3.89. The number of aromatic nitrogens is 1. The second-order valence-corrected chi connectivity index (χ2v) is 4.81. The van der Waals surface area contributed by atoms with E-state index in [0.717, 1.165) is 29.4 Å². The van der Waals surface area contributed by atoms with Crippen LogP contribution in [0.4, 0.5) is 0 Å². The van der Waals surface area contributed by atoms with Gasteiger partial charge in [0.15, 0.2) is 0 Å². The monoisotopic (exact) mass is 250 g/mol. The Morgan fingerprint density at radius 1 is 1.50 bits per heavy atom. The summed E-state index contributed by atoms with van der Waals surface area (Å²) in [6.45, 7) is 0. The van der Waals surface area contributed by atoms with Crippen molar-refractivity contribution in [2.24, 2.45) is 5.41 Å². The minimum absolute atomic E-state index is 0.110. The molecule has 3 heteroatoms. The first-order valence-corrected chi connectivity index (χ1v) is 5.55. The smallest absolute Gasteiger partial charge is 0.0693 e. The lowest BCUT2D eigenvalue weighted by Crippen LogP contribution is -2.30. The second kappa shape index (κ2) is 3.70. The Morgan fingerprint density at radius 3 is 2.71 bits per heavy atom. The first-order valence-electron chi connectivity index (χ1n) is 4.76. The van der Waals surface area contributed by atoms with E-state index in [1.807, 2.05) is 12.1 Å². The molecule has 0 amide bonds. The predicted molar refractivity (Wildman–Crippen MR) is 57.5 cm³/mol. The number of nitriles is 1. The maximum absolute atomic E-state index is 9.07. The lowest BCUT2D eigenvalue weighted by atomic mass is 9.67. The first kappa shape index (κ1) is 9.67. The van der Waals surface area contributed by atoms with Gasteiger partial charge in [-0.05, 0) is 40.9 Å². The van der Waals surface area contributed by atoms with Gasteiger partial charge in [-0.25, -0.2) is 0 Å². The largest absolute Gasteiger partial charge is 0.260 e. The van der Waals surface area contributed by atoms with Gasteiger partial charge in [0.25, 0.3) is 0 Å². The molecule has 1 saturated carbocycles. The SMILES string of the molecule is N#CC1(Cc2ccc(Br)cn2)CCC1. The summed E-state index contributed by atoms with van der Waals surface area (Å²) < 4.78 is 0.987. The molecule has 1 aromatic rings. The summed E-state index contributed by atoms with van der Waals surface area (Å²) in [5, 5.41) is 9.07. The summed E-state index contributed by atoms with van der Waals surface area (Å²) >= 11 is 3.35. The van der Waals surface area contributed by atoms with Crippen molar-refractivity contribution >= 4 is 15.9 Å². The molecular formula is C11H11BrN2. The van der Waals surface area contributed by atoms with Crippen LogP contribution in [0.5, 0.6) is 0 Å². The number of pyridine rings is 1. The van der Waals surface area contributed by atoms with Crippen molar-refractivity contribution in [1.82, 2.24) is 4.98 Å². The molecule has 0 bridgehead atoms. The van der Waals surface area contributed by atoms with E-state index in [9.17, 15) is 0 Å². The van der Waals surface area contributed by atoms with Crippen LogP contribution in [0.25, 0.3) is 0 Å². The maximum atomic E-state index is 9.07. The molecule has 1 aliphatic carbocycles. The number of hydrogen-bond donors (Lipinski definition) is 0. The fraction of sp³-hybridized carbons (Fsp3) is 0.455. The van der Waals surface area contributed by atoms with E-state index < -0.39 is 0 Å². The van der Waals surface area contributed by atoms with Crippen LogP contribution in [-0.4, -0.2) is 4.98 Å². The summed E-state index contributed by atoms with van der Waals surface area (Å²) in [5.74, 6) is 0. The standard InChI is InChI=1S/C11H11BrN2/c12-9-2-3-10(14-7-9)6-11(8-13)4-1-5-11/h2-3,7H,1,4-6H2. The van der Waals surface area contributed by atoms with Crippen LogP contribution in [-0.2, 0) is 6.42 Å². The van der Waals surface area contributed by atoms with Crippen molar-refractivity contribution in [3.8, 4) is 6.07 Å². The molecule has 0 spiro atoms. The van der Waals surface area contributed by atoms with Crippen molar-refractivity contribution in [2.75, 3.05) is 0 Å². The summed E-state index contributed by atoms with van der Waals surface area (Å²) in [5.41, 5.74) is 0.912. The van der Waals surface area contributed by atoms with Gasteiger partial charge in [-0.1, -0.05) is 6.42 Å². The zero-order chi connectivity index (χ0) is 10.0. The normalized spacial score (nSPS) is 18.3. The third-order valence-corrected chi connectivity index (χ3v) is 3.33. The Bertz CT molecular complexity index is 360. The Balaban J connectivity index is 2.11. The first-order chi connectivity index (χ1) is 6.74. The van der Waals surface area contributed by atoms with Gasteiger partial charge < -0.3 is 0 Å². The number of nitrogens with zero attached hydrogens (tertiary/aromatic N) is 2. The molecule has 0 saturated heterocycles. The van der Waals surface area contributed by atoms with Crippen molar-refractivity contribution in [1.29, 1.82) is 5.26 Å². The highest BCUT2D eigenvalue weighted by atomic mass is 79.9. The van der Waals surface area contributed by atoms with Gasteiger partial charge >= 0.3 is 0 Å². The lowest BCUT2D eigenvalue weighted by molar-refractivity contribution is 0.212. The van der Waals surface area contributed by atoms with E-state index in [1.54, 1.807) is 6.20 Å². The molecule has 72 valence electrons. The highest BCUT2D eigenvalue weighted by Gasteiger charge is 2.37. The quantitative estimate of drug-likeness (QED) is 0.809. The number of rotatable bonds is 2. The predicted octanol–water partition coefficient (Wildman–Crippen LogP) is 3.08. The minimum atomic E-state index is -0.110. The molecule has 0 aliphatic heterocycles. The van der Waals surface area contributed by atoms with Gasteiger partial charge in [-0.3, -0.25) is 4.98 Å². The fourth-order valence-electron chi connectivity index (χ4n) is 1.79. The molecule has 2 nitrogen and oxygen atoms in total. The number of halogens is 1. The molecule has 0 N–H and O–H groups in total. The van der Waals surface area contributed by atoms with Gasteiger partial charge in [0.2, 0.25) is 0 Å². The van der Waals surface area contributed by atoms with Crippen LogP contribution in [0, 0.1) is 16.7 Å². The van der Waals surface area contributed by atoms with Gasteiger partial charge in [0.1, 0.15) is 0 Å². The summed E-state index contributed by atoms with van der Waals surface area (Å²) in [6.07, 6.45) is 5.84. The van der Waals surface area contributed by atoms with E-state index in [2.05, 4.69) is 27.0 Å². The van der Waals surface area contributed by atoms with Crippen molar-refractivity contribution in [3.63, 3.8) is 0 Å². The average molecular weight is 251 g/mol. The van der Waals surface area contributed by atoms with E-state index in [1.165, 1.54) is 6.42 Å². The molecular weight excluding hydrogens is 240 g/mol. The Hall–Kier alpha value is -0.880. The van der Waals surface area contributed by atoms with Gasteiger partial charge in [0, 0.05) is 22.8 Å². The Morgan fingerprint density at radius 2 is 2.29 bits per heavy atom. The third kappa shape index (κ3) is 1.80. The molecule has 0 unspecified atom stereocenters. The van der Waals surface area contributed by atoms with Gasteiger partial charge in [-0.2, -0.15) is 5.26 Å². The van der Waals surface area contributed by atoms with Crippen molar-refractivity contribution in [2.45, 2.75) is 25.7 Å². The molecule has 1 aromatic heterocycles. The van der Waals surface area contributed by atoms with Crippen LogP contribution in [0.3, 0.4) is 0 Å². The summed E-state index contributed by atoms with van der Waals surface area (Å²) in [6, 6.07) is 6.39. The zero-order valence-corrected chi connectivity index (χ0v) is 9.42. The van der Waals surface area contributed by atoms with Crippen LogP contribution in [0.1, 0.15) is 25.0 Å². The molecule has 2 rings (SSSR count). The Labute approximate surface area is 92.1 Å². The van der Waals surface area contributed by atoms with Gasteiger partial charge in [-0.15, -0.1) is 0 Å². The van der Waals surface area contributed by atoms with E-state index >= 15 is 0 Å².